The lowest BCUT2D eigenvalue weighted by Gasteiger charge is -2.05. The van der Waals surface area contributed by atoms with Crippen molar-refractivity contribution in [3.8, 4) is 0 Å². The Hall–Kier alpha value is -1.73. The lowest BCUT2D eigenvalue weighted by molar-refractivity contribution is 0.789. The summed E-state index contributed by atoms with van der Waals surface area (Å²) in [6.45, 7) is 0. The van der Waals surface area contributed by atoms with Crippen LogP contribution >= 0.6 is 23.5 Å². The largest absolute Gasteiger partial charge is 0.329 e. The van der Waals surface area contributed by atoms with Crippen LogP contribution in [0.25, 0.3) is 0 Å². The van der Waals surface area contributed by atoms with Gasteiger partial charge in [-0.3, -0.25) is 4.98 Å². The van der Waals surface area contributed by atoms with Gasteiger partial charge in [0.2, 0.25) is 0 Å². The average Bonchev–Trinajstić information content (AvgIpc) is 3.12. The highest BCUT2D eigenvalue weighted by atomic mass is 32.2. The van der Waals surface area contributed by atoms with Gasteiger partial charge < -0.3 is 9.13 Å². The summed E-state index contributed by atoms with van der Waals surface area (Å²) in [6, 6.07) is 6.19. The molecule has 0 aliphatic heterocycles. The van der Waals surface area contributed by atoms with Crippen molar-refractivity contribution in [2.75, 3.05) is 0 Å². The number of hydrogen-bond acceptors (Lipinski definition) is 5. The van der Waals surface area contributed by atoms with E-state index in [-0.39, 0.29) is 0 Å². The fourth-order valence-electron chi connectivity index (χ4n) is 1.95. The molecule has 0 unspecified atom stereocenters. The van der Waals surface area contributed by atoms with E-state index in [1.807, 2.05) is 48.0 Å². The van der Waals surface area contributed by atoms with Crippen LogP contribution in [0.3, 0.4) is 0 Å². The fourth-order valence-corrected chi connectivity index (χ4v) is 3.62. The number of nitrogens with zero attached hydrogens (tertiary/aromatic N) is 5. The molecule has 0 atom stereocenters. The summed E-state index contributed by atoms with van der Waals surface area (Å²) >= 11 is 3.40. The van der Waals surface area contributed by atoms with Crippen molar-refractivity contribution in [3.05, 3.63) is 54.4 Å². The first-order valence-corrected chi connectivity index (χ1v) is 8.84. The van der Waals surface area contributed by atoms with E-state index in [2.05, 4.69) is 28.2 Å². The van der Waals surface area contributed by atoms with Crippen LogP contribution in [0, 0.1) is 0 Å². The number of pyridine rings is 1. The Morgan fingerprint density at radius 1 is 0.864 bits per heavy atom. The lowest BCUT2D eigenvalue weighted by Crippen LogP contribution is -1.95. The standard InChI is InChI=1S/C15H17N5S2/c1-19-8-6-16-14(19)21-10-12-4-3-5-13(18-12)11-22-15-17-7-9-20(15)2/h3-9H,10-11H2,1-2H3. The summed E-state index contributed by atoms with van der Waals surface area (Å²) in [7, 11) is 4.01. The second-order valence-electron chi connectivity index (χ2n) is 4.84. The van der Waals surface area contributed by atoms with Gasteiger partial charge in [0.25, 0.3) is 0 Å². The van der Waals surface area contributed by atoms with Crippen LogP contribution in [0.4, 0.5) is 0 Å². The summed E-state index contributed by atoms with van der Waals surface area (Å²) in [5, 5.41) is 2.02. The van der Waals surface area contributed by atoms with Crippen molar-refractivity contribution < 1.29 is 0 Å². The normalized spacial score (nSPS) is 11.0. The topological polar surface area (TPSA) is 48.5 Å². The molecule has 114 valence electrons. The van der Waals surface area contributed by atoms with E-state index in [1.165, 1.54) is 0 Å². The Kier molecular flexibility index (Phi) is 4.84. The molecule has 0 aliphatic carbocycles. The minimum Gasteiger partial charge on any atom is -0.329 e. The molecule has 3 heterocycles. The monoisotopic (exact) mass is 331 g/mol. The fraction of sp³-hybridized carbons (Fsp3) is 0.267. The lowest BCUT2D eigenvalue weighted by atomic mass is 10.3. The summed E-state index contributed by atoms with van der Waals surface area (Å²) in [4.78, 5) is 13.3. The Labute approximate surface area is 138 Å². The van der Waals surface area contributed by atoms with E-state index in [0.717, 1.165) is 33.2 Å². The zero-order chi connectivity index (χ0) is 15.4. The Balaban J connectivity index is 1.60. The van der Waals surface area contributed by atoms with Crippen LogP contribution in [0.5, 0.6) is 0 Å². The highest BCUT2D eigenvalue weighted by Crippen LogP contribution is 2.22. The summed E-state index contributed by atoms with van der Waals surface area (Å²) in [6.07, 6.45) is 7.54. The zero-order valence-electron chi connectivity index (χ0n) is 12.5. The van der Waals surface area contributed by atoms with E-state index in [4.69, 9.17) is 4.98 Å². The van der Waals surface area contributed by atoms with Gasteiger partial charge in [0.1, 0.15) is 0 Å². The van der Waals surface area contributed by atoms with Gasteiger partial charge in [-0.1, -0.05) is 29.6 Å². The molecule has 0 N–H and O–H groups in total. The zero-order valence-corrected chi connectivity index (χ0v) is 14.1. The molecule has 22 heavy (non-hydrogen) atoms. The van der Waals surface area contributed by atoms with Gasteiger partial charge in [-0.15, -0.1) is 0 Å². The predicted octanol–water partition coefficient (Wildman–Crippen LogP) is 3.13. The van der Waals surface area contributed by atoms with Crippen LogP contribution in [0.2, 0.25) is 0 Å². The Morgan fingerprint density at radius 2 is 1.36 bits per heavy atom. The maximum absolute atomic E-state index is 4.72. The van der Waals surface area contributed by atoms with Gasteiger partial charge in [0.15, 0.2) is 10.3 Å². The minimum atomic E-state index is 0.825. The smallest absolute Gasteiger partial charge is 0.168 e. The quantitative estimate of drug-likeness (QED) is 0.650. The van der Waals surface area contributed by atoms with Gasteiger partial charge in [0.05, 0.1) is 11.4 Å². The van der Waals surface area contributed by atoms with Gasteiger partial charge in [-0.2, -0.15) is 0 Å². The maximum Gasteiger partial charge on any atom is 0.168 e. The van der Waals surface area contributed by atoms with Crippen molar-refractivity contribution in [1.82, 2.24) is 24.1 Å². The van der Waals surface area contributed by atoms with E-state index in [9.17, 15) is 0 Å². The van der Waals surface area contributed by atoms with E-state index in [0.29, 0.717) is 0 Å². The highest BCUT2D eigenvalue weighted by molar-refractivity contribution is 7.98. The predicted molar refractivity (Wildman–Crippen MR) is 89.8 cm³/mol. The van der Waals surface area contributed by atoms with Crippen molar-refractivity contribution in [1.29, 1.82) is 0 Å². The third-order valence-corrected chi connectivity index (χ3v) is 5.30. The first-order chi connectivity index (χ1) is 10.7. The molecule has 5 nitrogen and oxygen atoms in total. The number of aromatic nitrogens is 5. The number of imidazole rings is 2. The van der Waals surface area contributed by atoms with Crippen LogP contribution in [-0.4, -0.2) is 24.1 Å². The van der Waals surface area contributed by atoms with Crippen LogP contribution in [0.1, 0.15) is 11.4 Å². The summed E-state index contributed by atoms with van der Waals surface area (Å²) in [5.74, 6) is 1.65. The molecule has 0 amide bonds. The molecule has 0 radical (unpaired) electrons. The molecule has 3 rings (SSSR count). The van der Waals surface area contributed by atoms with E-state index >= 15 is 0 Å². The third-order valence-electron chi connectivity index (χ3n) is 3.12. The van der Waals surface area contributed by atoms with Crippen LogP contribution < -0.4 is 0 Å². The second kappa shape index (κ2) is 7.02. The molecular formula is C15H17N5S2. The van der Waals surface area contributed by atoms with Gasteiger partial charge in [0, 0.05) is 50.4 Å². The molecule has 0 spiro atoms. The number of aryl methyl sites for hydroxylation is 2. The average molecular weight is 331 g/mol. The van der Waals surface area contributed by atoms with Crippen LogP contribution in [0.15, 0.2) is 53.3 Å². The molecule has 3 aromatic rings. The first kappa shape index (κ1) is 15.2. The number of rotatable bonds is 6. The molecule has 0 bridgehead atoms. The molecule has 0 saturated heterocycles. The van der Waals surface area contributed by atoms with Crippen LogP contribution in [-0.2, 0) is 25.6 Å². The number of hydrogen-bond donors (Lipinski definition) is 0. The Bertz CT molecular complexity index is 690. The van der Waals surface area contributed by atoms with E-state index < -0.39 is 0 Å². The molecule has 7 heteroatoms. The van der Waals surface area contributed by atoms with Crippen molar-refractivity contribution >= 4 is 23.5 Å². The molecule has 0 aliphatic rings. The summed E-state index contributed by atoms with van der Waals surface area (Å²) in [5.41, 5.74) is 2.15. The Morgan fingerprint density at radius 3 is 1.77 bits per heavy atom. The third kappa shape index (κ3) is 3.72. The molecule has 0 fully saturated rings. The highest BCUT2D eigenvalue weighted by Gasteiger charge is 2.05. The maximum atomic E-state index is 4.72. The van der Waals surface area contributed by atoms with E-state index in [1.54, 1.807) is 23.5 Å². The summed E-state index contributed by atoms with van der Waals surface area (Å²) < 4.78 is 4.04. The van der Waals surface area contributed by atoms with Gasteiger partial charge in [-0.25, -0.2) is 9.97 Å². The minimum absolute atomic E-state index is 0.825. The first-order valence-electron chi connectivity index (χ1n) is 6.87. The molecular weight excluding hydrogens is 314 g/mol. The van der Waals surface area contributed by atoms with Crippen molar-refractivity contribution in [3.63, 3.8) is 0 Å². The molecule has 0 aromatic carbocycles. The van der Waals surface area contributed by atoms with Crippen molar-refractivity contribution in [2.24, 2.45) is 14.1 Å². The van der Waals surface area contributed by atoms with Gasteiger partial charge >= 0.3 is 0 Å². The van der Waals surface area contributed by atoms with Gasteiger partial charge in [-0.05, 0) is 12.1 Å². The molecule has 0 saturated carbocycles. The SMILES string of the molecule is Cn1ccnc1SCc1cccc(CSc2nccn2C)n1. The molecule has 3 aromatic heterocycles. The van der Waals surface area contributed by atoms with Crippen molar-refractivity contribution in [2.45, 2.75) is 21.8 Å². The second-order valence-corrected chi connectivity index (χ2v) is 6.72. The number of thioether (sulfide) groups is 2.